The number of nitrogens with two attached hydrogens (primary N) is 1. The number of halogens is 1. The number of anilines is 1. The van der Waals surface area contributed by atoms with Crippen molar-refractivity contribution in [1.82, 2.24) is 5.32 Å². The molecule has 0 aliphatic heterocycles. The molecule has 0 atom stereocenters. The van der Waals surface area contributed by atoms with Crippen LogP contribution in [0, 0.1) is 5.82 Å². The normalized spacial score (nSPS) is 10.2. The lowest BCUT2D eigenvalue weighted by molar-refractivity contribution is 0.0951. The number of rotatable bonds is 5. The summed E-state index contributed by atoms with van der Waals surface area (Å²) in [6.45, 7) is 2.70. The Morgan fingerprint density at radius 1 is 1.24 bits per heavy atom. The van der Waals surface area contributed by atoms with Crippen LogP contribution in [0.4, 0.5) is 10.1 Å². The van der Waals surface area contributed by atoms with Gasteiger partial charge in [0.1, 0.15) is 11.6 Å². The highest BCUT2D eigenvalue weighted by Gasteiger charge is 2.08. The molecule has 0 saturated carbocycles. The van der Waals surface area contributed by atoms with Crippen LogP contribution >= 0.6 is 0 Å². The maximum Gasteiger partial charge on any atom is 0.251 e. The number of carbonyl (C=O) groups is 1. The van der Waals surface area contributed by atoms with Gasteiger partial charge in [0, 0.05) is 12.1 Å². The van der Waals surface area contributed by atoms with Gasteiger partial charge in [-0.05, 0) is 42.8 Å². The highest BCUT2D eigenvalue weighted by atomic mass is 19.1. The Balaban J connectivity index is 2.00. The number of ether oxygens (including phenoxy) is 1. The molecule has 0 aliphatic carbocycles. The largest absolute Gasteiger partial charge is 0.492 e. The van der Waals surface area contributed by atoms with Crippen molar-refractivity contribution in [3.05, 3.63) is 59.4 Å². The van der Waals surface area contributed by atoms with E-state index in [0.29, 0.717) is 30.2 Å². The average Bonchev–Trinajstić information content (AvgIpc) is 2.48. The van der Waals surface area contributed by atoms with Crippen molar-refractivity contribution in [2.45, 2.75) is 13.5 Å². The summed E-state index contributed by atoms with van der Waals surface area (Å²) >= 11 is 0. The van der Waals surface area contributed by atoms with Crippen molar-refractivity contribution in [3.63, 3.8) is 0 Å². The van der Waals surface area contributed by atoms with Crippen LogP contribution < -0.4 is 15.8 Å². The molecule has 0 bridgehead atoms. The zero-order chi connectivity index (χ0) is 15.2. The molecule has 0 fully saturated rings. The third-order valence-corrected chi connectivity index (χ3v) is 2.94. The summed E-state index contributed by atoms with van der Waals surface area (Å²) in [6.07, 6.45) is 0. The molecule has 1 amide bonds. The second kappa shape index (κ2) is 6.74. The molecule has 2 aromatic carbocycles. The summed E-state index contributed by atoms with van der Waals surface area (Å²) in [7, 11) is 0. The van der Waals surface area contributed by atoms with Gasteiger partial charge in [-0.3, -0.25) is 4.79 Å². The molecule has 2 aromatic rings. The number of hydrogen-bond acceptors (Lipinski definition) is 3. The Hall–Kier alpha value is -2.56. The lowest BCUT2D eigenvalue weighted by Gasteiger charge is -2.09. The minimum absolute atomic E-state index is 0.242. The van der Waals surface area contributed by atoms with Crippen molar-refractivity contribution < 1.29 is 13.9 Å². The minimum Gasteiger partial charge on any atom is -0.492 e. The van der Waals surface area contributed by atoms with Gasteiger partial charge in [0.05, 0.1) is 12.3 Å². The van der Waals surface area contributed by atoms with E-state index in [0.717, 1.165) is 5.56 Å². The van der Waals surface area contributed by atoms with E-state index in [1.165, 1.54) is 12.1 Å². The van der Waals surface area contributed by atoms with Gasteiger partial charge in [0.2, 0.25) is 0 Å². The second-order valence-corrected chi connectivity index (χ2v) is 4.49. The molecule has 0 aromatic heterocycles. The highest BCUT2D eigenvalue weighted by Crippen LogP contribution is 2.22. The van der Waals surface area contributed by atoms with Gasteiger partial charge in [0.25, 0.3) is 5.91 Å². The lowest BCUT2D eigenvalue weighted by Crippen LogP contribution is -2.22. The number of benzene rings is 2. The van der Waals surface area contributed by atoms with E-state index >= 15 is 0 Å². The van der Waals surface area contributed by atoms with Crippen molar-refractivity contribution in [1.29, 1.82) is 0 Å². The zero-order valence-corrected chi connectivity index (χ0v) is 11.7. The summed E-state index contributed by atoms with van der Waals surface area (Å²) in [5.74, 6) is 0.0195. The fourth-order valence-corrected chi connectivity index (χ4v) is 1.86. The fraction of sp³-hybridized carbons (Fsp3) is 0.188. The summed E-state index contributed by atoms with van der Waals surface area (Å²) < 4.78 is 18.1. The number of nitrogen functional groups attached to an aromatic ring is 1. The smallest absolute Gasteiger partial charge is 0.251 e. The van der Waals surface area contributed by atoms with Crippen molar-refractivity contribution in [3.8, 4) is 5.75 Å². The maximum absolute atomic E-state index is 12.8. The van der Waals surface area contributed by atoms with Crippen molar-refractivity contribution in [2.24, 2.45) is 0 Å². The van der Waals surface area contributed by atoms with Gasteiger partial charge in [-0.25, -0.2) is 4.39 Å². The van der Waals surface area contributed by atoms with E-state index in [9.17, 15) is 9.18 Å². The Bertz CT molecular complexity index is 627. The van der Waals surface area contributed by atoms with Gasteiger partial charge in [-0.15, -0.1) is 0 Å². The first-order valence-electron chi connectivity index (χ1n) is 6.65. The number of carbonyl (C=O) groups excluding carboxylic acids is 1. The van der Waals surface area contributed by atoms with Crippen LogP contribution in [0.2, 0.25) is 0 Å². The van der Waals surface area contributed by atoms with Crippen LogP contribution in [0.15, 0.2) is 42.5 Å². The Morgan fingerprint density at radius 3 is 2.57 bits per heavy atom. The quantitative estimate of drug-likeness (QED) is 0.831. The molecule has 0 radical (unpaired) electrons. The molecular weight excluding hydrogens is 271 g/mol. The predicted molar refractivity (Wildman–Crippen MR) is 79.6 cm³/mol. The molecule has 110 valence electrons. The molecule has 0 spiro atoms. The monoisotopic (exact) mass is 288 g/mol. The van der Waals surface area contributed by atoms with Crippen LogP contribution in [0.25, 0.3) is 0 Å². The van der Waals surface area contributed by atoms with E-state index in [-0.39, 0.29) is 11.7 Å². The lowest BCUT2D eigenvalue weighted by atomic mass is 10.1. The van der Waals surface area contributed by atoms with E-state index in [2.05, 4.69) is 5.32 Å². The number of nitrogens with one attached hydrogen (secondary N) is 1. The minimum atomic E-state index is -0.302. The molecular formula is C16H17FN2O2. The SMILES string of the molecule is CCOc1ccc(C(=O)NCc2ccc(F)cc2)cc1N. The van der Waals surface area contributed by atoms with E-state index in [4.69, 9.17) is 10.5 Å². The molecule has 0 heterocycles. The Kier molecular flexibility index (Phi) is 4.77. The molecule has 5 heteroatoms. The fourth-order valence-electron chi connectivity index (χ4n) is 1.86. The maximum atomic E-state index is 12.8. The standard InChI is InChI=1S/C16H17FN2O2/c1-2-21-15-8-5-12(9-14(15)18)16(20)19-10-11-3-6-13(17)7-4-11/h3-9H,2,10,18H2,1H3,(H,19,20). The number of hydrogen-bond donors (Lipinski definition) is 2. The third kappa shape index (κ3) is 3.95. The summed E-state index contributed by atoms with van der Waals surface area (Å²) in [5.41, 5.74) is 7.52. The van der Waals surface area contributed by atoms with Gasteiger partial charge < -0.3 is 15.8 Å². The van der Waals surface area contributed by atoms with Gasteiger partial charge in [-0.2, -0.15) is 0 Å². The van der Waals surface area contributed by atoms with Crippen molar-refractivity contribution >= 4 is 11.6 Å². The molecule has 0 unspecified atom stereocenters. The highest BCUT2D eigenvalue weighted by molar-refractivity contribution is 5.95. The first kappa shape index (κ1) is 14.8. The molecule has 0 saturated heterocycles. The van der Waals surface area contributed by atoms with Crippen LogP contribution in [0.5, 0.6) is 5.75 Å². The first-order valence-corrected chi connectivity index (χ1v) is 6.65. The first-order chi connectivity index (χ1) is 10.1. The molecule has 2 rings (SSSR count). The third-order valence-electron chi connectivity index (χ3n) is 2.94. The van der Waals surface area contributed by atoms with Crippen LogP contribution in [-0.4, -0.2) is 12.5 Å². The summed E-state index contributed by atoms with van der Waals surface area (Å²) in [5, 5.41) is 2.76. The van der Waals surface area contributed by atoms with E-state index in [1.807, 2.05) is 6.92 Å². The van der Waals surface area contributed by atoms with E-state index < -0.39 is 0 Å². The molecule has 4 nitrogen and oxygen atoms in total. The van der Waals surface area contributed by atoms with E-state index in [1.54, 1.807) is 30.3 Å². The van der Waals surface area contributed by atoms with Crippen molar-refractivity contribution in [2.75, 3.05) is 12.3 Å². The van der Waals surface area contributed by atoms with Gasteiger partial charge in [-0.1, -0.05) is 12.1 Å². The summed E-state index contributed by atoms with van der Waals surface area (Å²) in [6, 6.07) is 10.9. The topological polar surface area (TPSA) is 64.3 Å². The zero-order valence-electron chi connectivity index (χ0n) is 11.7. The van der Waals surface area contributed by atoms with Crippen LogP contribution in [0.3, 0.4) is 0 Å². The van der Waals surface area contributed by atoms with Crippen LogP contribution in [-0.2, 0) is 6.54 Å². The molecule has 0 aliphatic rings. The number of amides is 1. The molecule has 3 N–H and O–H groups in total. The average molecular weight is 288 g/mol. The second-order valence-electron chi connectivity index (χ2n) is 4.49. The van der Waals surface area contributed by atoms with Gasteiger partial charge in [0.15, 0.2) is 0 Å². The predicted octanol–water partition coefficient (Wildman–Crippen LogP) is 2.74. The Morgan fingerprint density at radius 2 is 1.95 bits per heavy atom. The van der Waals surface area contributed by atoms with Gasteiger partial charge >= 0.3 is 0 Å². The molecule has 21 heavy (non-hydrogen) atoms. The Labute approximate surface area is 122 Å². The van der Waals surface area contributed by atoms with Crippen LogP contribution in [0.1, 0.15) is 22.8 Å². The summed E-state index contributed by atoms with van der Waals surface area (Å²) in [4.78, 5) is 12.0.